The summed E-state index contributed by atoms with van der Waals surface area (Å²) in [6.45, 7) is 9.24. The molecule has 106 valence electrons. The van der Waals surface area contributed by atoms with Crippen molar-refractivity contribution in [2.45, 2.75) is 52.1 Å². The first-order valence-corrected chi connectivity index (χ1v) is 6.25. The Morgan fingerprint density at radius 3 is 2.11 bits per heavy atom. The largest absolute Gasteiger partial charge is 0.464 e. The highest BCUT2D eigenvalue weighted by atomic mass is 16.5. The zero-order valence-corrected chi connectivity index (χ0v) is 12.6. The van der Waals surface area contributed by atoms with Gasteiger partial charge in [-0.15, -0.1) is 0 Å². The van der Waals surface area contributed by atoms with Gasteiger partial charge in [0.05, 0.1) is 12.1 Å². The summed E-state index contributed by atoms with van der Waals surface area (Å²) in [5.74, 6) is -0.532. The average molecular weight is 258 g/mol. The summed E-state index contributed by atoms with van der Waals surface area (Å²) in [4.78, 5) is 25.7. The van der Waals surface area contributed by atoms with E-state index in [-0.39, 0.29) is 11.9 Å². The third-order valence-corrected chi connectivity index (χ3v) is 3.24. The van der Waals surface area contributed by atoms with Gasteiger partial charge in [0.2, 0.25) is 5.91 Å². The molecule has 0 aromatic rings. The molecule has 5 nitrogen and oxygen atoms in total. The van der Waals surface area contributed by atoms with Crippen LogP contribution in [0.15, 0.2) is 0 Å². The van der Waals surface area contributed by atoms with Crippen molar-refractivity contribution in [3.05, 3.63) is 0 Å². The van der Waals surface area contributed by atoms with Gasteiger partial charge in [0, 0.05) is 7.05 Å². The van der Waals surface area contributed by atoms with Gasteiger partial charge in [-0.05, 0) is 41.2 Å². The Morgan fingerprint density at radius 2 is 1.72 bits per heavy atom. The summed E-state index contributed by atoms with van der Waals surface area (Å²) >= 11 is 0. The summed E-state index contributed by atoms with van der Waals surface area (Å²) in [5, 5.41) is 2.93. The number of nitrogens with one attached hydrogen (secondary N) is 1. The lowest BCUT2D eigenvalue weighted by molar-refractivity contribution is -0.162. The molecule has 1 amide bonds. The van der Waals surface area contributed by atoms with Crippen LogP contribution in [-0.4, -0.2) is 48.6 Å². The van der Waals surface area contributed by atoms with Crippen molar-refractivity contribution < 1.29 is 14.3 Å². The number of rotatable bonds is 6. The molecule has 0 aromatic heterocycles. The van der Waals surface area contributed by atoms with Crippen LogP contribution < -0.4 is 5.32 Å². The van der Waals surface area contributed by atoms with Crippen molar-refractivity contribution in [3.8, 4) is 0 Å². The number of esters is 1. The first-order valence-electron chi connectivity index (χ1n) is 6.25. The molecule has 1 N–H and O–H groups in total. The molecular formula is C13H26N2O3. The van der Waals surface area contributed by atoms with Crippen LogP contribution >= 0.6 is 0 Å². The molecule has 0 saturated heterocycles. The molecule has 0 atom stereocenters. The number of ether oxygens (including phenoxy) is 1. The van der Waals surface area contributed by atoms with Crippen molar-refractivity contribution in [3.63, 3.8) is 0 Å². The van der Waals surface area contributed by atoms with E-state index in [2.05, 4.69) is 5.32 Å². The van der Waals surface area contributed by atoms with Gasteiger partial charge in [-0.25, -0.2) is 4.79 Å². The molecule has 0 rings (SSSR count). The quantitative estimate of drug-likeness (QED) is 0.727. The maximum absolute atomic E-state index is 12.3. The first kappa shape index (κ1) is 16.9. The van der Waals surface area contributed by atoms with Crippen LogP contribution in [0.2, 0.25) is 0 Å². The molecule has 0 spiro atoms. The predicted molar refractivity (Wildman–Crippen MR) is 71.2 cm³/mol. The van der Waals surface area contributed by atoms with Crippen molar-refractivity contribution in [2.75, 3.05) is 20.7 Å². The van der Waals surface area contributed by atoms with Gasteiger partial charge < -0.3 is 15.0 Å². The molecule has 0 saturated carbocycles. The van der Waals surface area contributed by atoms with Gasteiger partial charge in [0.15, 0.2) is 0 Å². The van der Waals surface area contributed by atoms with Gasteiger partial charge in [0.25, 0.3) is 0 Å². The fourth-order valence-electron chi connectivity index (χ4n) is 1.29. The number of carbonyl (C=O) groups excluding carboxylic acids is 2. The van der Waals surface area contributed by atoms with Crippen molar-refractivity contribution >= 4 is 11.9 Å². The Kier molecular flexibility index (Phi) is 5.80. The summed E-state index contributed by atoms with van der Waals surface area (Å²) in [6, 6.07) is 0. The fourth-order valence-corrected chi connectivity index (χ4v) is 1.29. The van der Waals surface area contributed by atoms with Crippen molar-refractivity contribution in [2.24, 2.45) is 0 Å². The van der Waals surface area contributed by atoms with Gasteiger partial charge in [0.1, 0.15) is 5.54 Å². The smallest absolute Gasteiger partial charge is 0.331 e. The maximum atomic E-state index is 12.3. The highest BCUT2D eigenvalue weighted by molar-refractivity contribution is 5.91. The highest BCUT2D eigenvalue weighted by Crippen LogP contribution is 2.19. The van der Waals surface area contributed by atoms with Crippen LogP contribution in [0.25, 0.3) is 0 Å². The van der Waals surface area contributed by atoms with Crippen LogP contribution in [0.4, 0.5) is 0 Å². The second-order valence-electron chi connectivity index (χ2n) is 5.43. The molecule has 0 heterocycles. The van der Waals surface area contributed by atoms with E-state index in [1.807, 2.05) is 6.92 Å². The second-order valence-corrected chi connectivity index (χ2v) is 5.43. The Hall–Kier alpha value is -1.10. The SMILES string of the molecule is CCCOC(=O)C(C)(C)N(C)C(=O)C(C)(C)NC. The molecule has 0 aliphatic rings. The molecule has 0 radical (unpaired) electrons. The van der Waals surface area contributed by atoms with E-state index in [0.29, 0.717) is 6.61 Å². The van der Waals surface area contributed by atoms with E-state index in [9.17, 15) is 9.59 Å². The van der Waals surface area contributed by atoms with E-state index in [4.69, 9.17) is 4.74 Å². The second kappa shape index (κ2) is 6.18. The average Bonchev–Trinajstić information content (AvgIpc) is 2.33. The molecule has 0 unspecified atom stereocenters. The maximum Gasteiger partial charge on any atom is 0.331 e. The molecule has 0 bridgehead atoms. The van der Waals surface area contributed by atoms with Crippen molar-refractivity contribution in [1.29, 1.82) is 0 Å². The van der Waals surface area contributed by atoms with E-state index in [0.717, 1.165) is 6.42 Å². The topological polar surface area (TPSA) is 58.6 Å². The molecule has 0 aromatic carbocycles. The first-order chi connectivity index (χ1) is 8.11. The Morgan fingerprint density at radius 1 is 1.22 bits per heavy atom. The fraction of sp³-hybridized carbons (Fsp3) is 0.846. The van der Waals surface area contributed by atoms with Gasteiger partial charge in [-0.2, -0.15) is 0 Å². The lowest BCUT2D eigenvalue weighted by Crippen LogP contribution is -2.60. The van der Waals surface area contributed by atoms with E-state index in [1.54, 1.807) is 41.8 Å². The molecule has 18 heavy (non-hydrogen) atoms. The van der Waals surface area contributed by atoms with Crippen LogP contribution in [0.1, 0.15) is 41.0 Å². The molecule has 5 heteroatoms. The third kappa shape index (κ3) is 3.70. The van der Waals surface area contributed by atoms with E-state index < -0.39 is 11.1 Å². The number of carbonyl (C=O) groups is 2. The van der Waals surface area contributed by atoms with Crippen LogP contribution in [0.3, 0.4) is 0 Å². The summed E-state index contributed by atoms with van der Waals surface area (Å²) < 4.78 is 5.12. The summed E-state index contributed by atoms with van der Waals surface area (Å²) in [6.07, 6.45) is 0.765. The van der Waals surface area contributed by atoms with Crippen LogP contribution in [-0.2, 0) is 14.3 Å². The molecule has 0 aliphatic carbocycles. The van der Waals surface area contributed by atoms with E-state index >= 15 is 0 Å². The molecule has 0 aliphatic heterocycles. The van der Waals surface area contributed by atoms with Crippen LogP contribution in [0, 0.1) is 0 Å². The Labute approximate surface area is 110 Å². The third-order valence-electron chi connectivity index (χ3n) is 3.24. The van der Waals surface area contributed by atoms with Crippen LogP contribution in [0.5, 0.6) is 0 Å². The summed E-state index contributed by atoms with van der Waals surface area (Å²) in [7, 11) is 3.34. The number of hydrogen-bond donors (Lipinski definition) is 1. The minimum absolute atomic E-state index is 0.150. The Balaban J connectivity index is 4.90. The zero-order chi connectivity index (χ0) is 14.6. The minimum Gasteiger partial charge on any atom is -0.464 e. The zero-order valence-electron chi connectivity index (χ0n) is 12.6. The standard InChI is InChI=1S/C13H26N2O3/c1-8-9-18-11(17)13(4,5)15(7)10(16)12(2,3)14-6/h14H,8-9H2,1-7H3. The monoisotopic (exact) mass is 258 g/mol. The van der Waals surface area contributed by atoms with E-state index in [1.165, 1.54) is 4.90 Å². The number of likely N-dealkylation sites (N-methyl/N-ethyl adjacent to an activating group) is 2. The minimum atomic E-state index is -0.972. The van der Waals surface area contributed by atoms with Gasteiger partial charge in [-0.3, -0.25) is 4.79 Å². The number of nitrogens with zero attached hydrogens (tertiary/aromatic N) is 1. The highest BCUT2D eigenvalue weighted by Gasteiger charge is 2.41. The lowest BCUT2D eigenvalue weighted by atomic mass is 9.97. The van der Waals surface area contributed by atoms with Crippen molar-refractivity contribution in [1.82, 2.24) is 10.2 Å². The Bertz CT molecular complexity index is 311. The predicted octanol–water partition coefficient (Wildman–Crippen LogP) is 1.17. The number of amides is 1. The normalized spacial score (nSPS) is 12.2. The molecular weight excluding hydrogens is 232 g/mol. The van der Waals surface area contributed by atoms with Gasteiger partial charge in [-0.1, -0.05) is 6.92 Å². The number of hydrogen-bond acceptors (Lipinski definition) is 4. The lowest BCUT2D eigenvalue weighted by Gasteiger charge is -2.38. The summed E-state index contributed by atoms with van der Waals surface area (Å²) in [5.41, 5.74) is -1.68. The van der Waals surface area contributed by atoms with Gasteiger partial charge >= 0.3 is 5.97 Å². The molecule has 0 fully saturated rings.